The van der Waals surface area contributed by atoms with Gasteiger partial charge in [-0.2, -0.15) is 0 Å². The Kier molecular flexibility index (Phi) is 7.20. The van der Waals surface area contributed by atoms with Crippen LogP contribution in [0.25, 0.3) is 0 Å². The van der Waals surface area contributed by atoms with Crippen LogP contribution >= 0.6 is 23.1 Å². The highest BCUT2D eigenvalue weighted by molar-refractivity contribution is 8.01. The van der Waals surface area contributed by atoms with Gasteiger partial charge in [-0.1, -0.05) is 41.3 Å². The number of nitrogens with one attached hydrogen (secondary N) is 2. The summed E-state index contributed by atoms with van der Waals surface area (Å²) in [7, 11) is 0. The van der Waals surface area contributed by atoms with Crippen LogP contribution in [0.1, 0.15) is 22.8 Å². The summed E-state index contributed by atoms with van der Waals surface area (Å²) in [5, 5.41) is 13.9. The Labute approximate surface area is 176 Å². The lowest BCUT2D eigenvalue weighted by molar-refractivity contribution is -0.113. The van der Waals surface area contributed by atoms with Crippen LogP contribution in [0.15, 0.2) is 52.9 Å². The van der Waals surface area contributed by atoms with Crippen LogP contribution in [0, 0.1) is 6.92 Å². The number of benzene rings is 2. The second-order valence-electron chi connectivity index (χ2n) is 5.94. The van der Waals surface area contributed by atoms with Crippen molar-refractivity contribution in [2.75, 3.05) is 23.0 Å². The third-order valence-electron chi connectivity index (χ3n) is 3.80. The highest BCUT2D eigenvalue weighted by Crippen LogP contribution is 2.26. The fraction of sp³-hybridized carbons (Fsp3) is 0.200. The van der Waals surface area contributed by atoms with E-state index in [0.29, 0.717) is 27.4 Å². The maximum atomic E-state index is 12.3. The number of para-hydroxylation sites is 1. The summed E-state index contributed by atoms with van der Waals surface area (Å²) in [6, 6.07) is 14.5. The molecule has 0 radical (unpaired) electrons. The van der Waals surface area contributed by atoms with Crippen LogP contribution < -0.4 is 15.4 Å². The van der Waals surface area contributed by atoms with Gasteiger partial charge in [0.05, 0.1) is 12.4 Å². The number of rotatable bonds is 8. The molecule has 0 atom stereocenters. The second kappa shape index (κ2) is 10.0. The summed E-state index contributed by atoms with van der Waals surface area (Å²) >= 11 is 2.49. The Hall–Kier alpha value is -2.91. The lowest BCUT2D eigenvalue weighted by Crippen LogP contribution is -2.14. The standard InChI is InChI=1S/C20H20N4O3S2/c1-3-27-15-10-8-14(9-11-15)18(26)22-19-23-24-20(29-19)28-12-17(25)21-16-7-5-4-6-13(16)2/h4-11H,3,12H2,1-2H3,(H,21,25)(H,22,23,26). The highest BCUT2D eigenvalue weighted by atomic mass is 32.2. The van der Waals surface area contributed by atoms with Gasteiger partial charge in [0.25, 0.3) is 5.91 Å². The summed E-state index contributed by atoms with van der Waals surface area (Å²) in [4.78, 5) is 24.4. The van der Waals surface area contributed by atoms with Crippen molar-refractivity contribution in [1.82, 2.24) is 10.2 Å². The van der Waals surface area contributed by atoms with E-state index in [1.807, 2.05) is 38.1 Å². The molecule has 2 N–H and O–H groups in total. The Bertz CT molecular complexity index is 989. The van der Waals surface area contributed by atoms with E-state index >= 15 is 0 Å². The third-order valence-corrected chi connectivity index (χ3v) is 5.77. The number of aromatic nitrogens is 2. The molecule has 2 aromatic carbocycles. The van der Waals surface area contributed by atoms with E-state index < -0.39 is 0 Å². The number of hydrogen-bond donors (Lipinski definition) is 2. The summed E-state index contributed by atoms with van der Waals surface area (Å²) in [6.07, 6.45) is 0. The molecule has 0 saturated carbocycles. The van der Waals surface area contributed by atoms with Crippen molar-refractivity contribution in [2.24, 2.45) is 0 Å². The monoisotopic (exact) mass is 428 g/mol. The normalized spacial score (nSPS) is 10.4. The largest absolute Gasteiger partial charge is 0.494 e. The molecule has 0 bridgehead atoms. The van der Waals surface area contributed by atoms with E-state index in [4.69, 9.17) is 4.74 Å². The number of carbonyl (C=O) groups excluding carboxylic acids is 2. The smallest absolute Gasteiger partial charge is 0.257 e. The number of thioether (sulfide) groups is 1. The molecule has 150 valence electrons. The molecule has 0 saturated heterocycles. The average Bonchev–Trinajstić information content (AvgIpc) is 3.16. The van der Waals surface area contributed by atoms with Crippen molar-refractivity contribution in [2.45, 2.75) is 18.2 Å². The maximum absolute atomic E-state index is 12.3. The molecule has 0 aliphatic carbocycles. The van der Waals surface area contributed by atoms with Gasteiger partial charge in [-0.25, -0.2) is 0 Å². The summed E-state index contributed by atoms with van der Waals surface area (Å²) in [6.45, 7) is 4.41. The summed E-state index contributed by atoms with van der Waals surface area (Å²) in [5.41, 5.74) is 2.29. The zero-order valence-electron chi connectivity index (χ0n) is 16.0. The SMILES string of the molecule is CCOc1ccc(C(=O)Nc2nnc(SCC(=O)Nc3ccccc3C)s2)cc1. The number of ether oxygens (including phenoxy) is 1. The molecule has 29 heavy (non-hydrogen) atoms. The fourth-order valence-electron chi connectivity index (χ4n) is 2.38. The minimum atomic E-state index is -0.280. The van der Waals surface area contributed by atoms with Crippen molar-refractivity contribution in [3.8, 4) is 5.75 Å². The third kappa shape index (κ3) is 6.03. The molecule has 0 spiro atoms. The van der Waals surface area contributed by atoms with Gasteiger partial charge in [0.1, 0.15) is 5.75 Å². The molecule has 9 heteroatoms. The molecular weight excluding hydrogens is 408 g/mol. The number of nitrogens with zero attached hydrogens (tertiary/aromatic N) is 2. The molecule has 2 amide bonds. The summed E-state index contributed by atoms with van der Waals surface area (Å²) < 4.78 is 5.97. The van der Waals surface area contributed by atoms with Crippen LogP contribution in [0.5, 0.6) is 5.75 Å². The minimum absolute atomic E-state index is 0.125. The fourth-order valence-corrected chi connectivity index (χ4v) is 3.93. The summed E-state index contributed by atoms with van der Waals surface area (Å²) in [5.74, 6) is 0.510. The second-order valence-corrected chi connectivity index (χ2v) is 8.14. The Morgan fingerprint density at radius 2 is 1.83 bits per heavy atom. The van der Waals surface area contributed by atoms with Crippen LogP contribution in [0.3, 0.4) is 0 Å². The van der Waals surface area contributed by atoms with Gasteiger partial charge in [-0.05, 0) is 49.7 Å². The lowest BCUT2D eigenvalue weighted by atomic mass is 10.2. The Balaban J connectivity index is 1.50. The van der Waals surface area contributed by atoms with Gasteiger partial charge >= 0.3 is 0 Å². The van der Waals surface area contributed by atoms with Gasteiger partial charge in [-0.3, -0.25) is 14.9 Å². The Morgan fingerprint density at radius 3 is 2.55 bits per heavy atom. The van der Waals surface area contributed by atoms with E-state index in [1.165, 1.54) is 23.1 Å². The maximum Gasteiger partial charge on any atom is 0.257 e. The first-order valence-electron chi connectivity index (χ1n) is 8.91. The average molecular weight is 429 g/mol. The lowest BCUT2D eigenvalue weighted by Gasteiger charge is -2.06. The first-order valence-corrected chi connectivity index (χ1v) is 10.7. The van der Waals surface area contributed by atoms with Crippen LogP contribution in [0.2, 0.25) is 0 Å². The first kappa shape index (κ1) is 20.8. The molecule has 1 aromatic heterocycles. The highest BCUT2D eigenvalue weighted by Gasteiger charge is 2.12. The van der Waals surface area contributed by atoms with Crippen molar-refractivity contribution < 1.29 is 14.3 Å². The van der Waals surface area contributed by atoms with Gasteiger partial charge < -0.3 is 10.1 Å². The number of carbonyl (C=O) groups is 2. The quantitative estimate of drug-likeness (QED) is 0.412. The molecule has 0 aliphatic heterocycles. The minimum Gasteiger partial charge on any atom is -0.494 e. The number of aryl methyl sites for hydroxylation is 1. The number of hydrogen-bond acceptors (Lipinski definition) is 7. The van der Waals surface area contributed by atoms with Crippen molar-refractivity contribution in [3.63, 3.8) is 0 Å². The molecule has 0 unspecified atom stereocenters. The first-order chi connectivity index (χ1) is 14.0. The zero-order chi connectivity index (χ0) is 20.6. The molecular formula is C20H20N4O3S2. The zero-order valence-corrected chi connectivity index (χ0v) is 17.6. The number of amides is 2. The number of anilines is 2. The molecule has 3 aromatic rings. The van der Waals surface area contributed by atoms with E-state index in [1.54, 1.807) is 24.3 Å². The van der Waals surface area contributed by atoms with Gasteiger partial charge in [0.2, 0.25) is 11.0 Å². The van der Waals surface area contributed by atoms with Gasteiger partial charge in [0, 0.05) is 11.3 Å². The topological polar surface area (TPSA) is 93.2 Å². The predicted octanol–water partition coefficient (Wildman–Crippen LogP) is 4.23. The molecule has 0 aliphatic rings. The van der Waals surface area contributed by atoms with Crippen molar-refractivity contribution in [3.05, 3.63) is 59.7 Å². The molecule has 3 rings (SSSR count). The van der Waals surface area contributed by atoms with E-state index in [0.717, 1.165) is 11.3 Å². The molecule has 7 nitrogen and oxygen atoms in total. The van der Waals surface area contributed by atoms with Crippen molar-refractivity contribution in [1.29, 1.82) is 0 Å². The van der Waals surface area contributed by atoms with Crippen LogP contribution in [0.4, 0.5) is 10.8 Å². The van der Waals surface area contributed by atoms with E-state index in [9.17, 15) is 9.59 Å². The van der Waals surface area contributed by atoms with Crippen molar-refractivity contribution >= 4 is 45.7 Å². The van der Waals surface area contributed by atoms with Crippen LogP contribution in [-0.4, -0.2) is 34.4 Å². The predicted molar refractivity (Wildman–Crippen MR) is 116 cm³/mol. The molecule has 1 heterocycles. The van der Waals surface area contributed by atoms with E-state index in [2.05, 4.69) is 20.8 Å². The molecule has 0 fully saturated rings. The Morgan fingerprint density at radius 1 is 1.07 bits per heavy atom. The van der Waals surface area contributed by atoms with E-state index in [-0.39, 0.29) is 17.6 Å². The van der Waals surface area contributed by atoms with Gasteiger partial charge in [0.15, 0.2) is 4.34 Å². The van der Waals surface area contributed by atoms with Gasteiger partial charge in [-0.15, -0.1) is 10.2 Å². The van der Waals surface area contributed by atoms with Crippen LogP contribution in [-0.2, 0) is 4.79 Å².